The van der Waals surface area contributed by atoms with Gasteiger partial charge in [0.1, 0.15) is 0 Å². The van der Waals surface area contributed by atoms with E-state index < -0.39 is 12.1 Å². The SMILES string of the molecule is C[CH]C(C)C(F)(F)F. The van der Waals surface area contributed by atoms with Crippen LogP contribution in [0.4, 0.5) is 13.2 Å². The molecule has 0 amide bonds. The van der Waals surface area contributed by atoms with Crippen LogP contribution in [0.2, 0.25) is 0 Å². The Labute approximate surface area is 46.7 Å². The van der Waals surface area contributed by atoms with Crippen molar-refractivity contribution in [3.8, 4) is 0 Å². The van der Waals surface area contributed by atoms with E-state index in [1.807, 2.05) is 0 Å². The van der Waals surface area contributed by atoms with Crippen molar-refractivity contribution in [2.24, 2.45) is 5.92 Å². The maximum Gasteiger partial charge on any atom is 0.391 e. The molecule has 0 aliphatic rings. The second-order valence-corrected chi connectivity index (χ2v) is 1.66. The van der Waals surface area contributed by atoms with Crippen LogP contribution in [0.5, 0.6) is 0 Å². The molecule has 0 saturated carbocycles. The smallest absolute Gasteiger partial charge is 0.171 e. The fourth-order valence-corrected chi connectivity index (χ4v) is 0.189. The molecule has 0 heterocycles. The van der Waals surface area contributed by atoms with E-state index in [2.05, 4.69) is 0 Å². The third-order valence-electron chi connectivity index (χ3n) is 1.02. The molecule has 49 valence electrons. The molecule has 0 aliphatic carbocycles. The lowest BCUT2D eigenvalue weighted by Gasteiger charge is -2.11. The van der Waals surface area contributed by atoms with Crippen LogP contribution in [-0.4, -0.2) is 6.18 Å². The Bertz CT molecular complexity index is 64.6. The van der Waals surface area contributed by atoms with Crippen molar-refractivity contribution in [1.82, 2.24) is 0 Å². The van der Waals surface area contributed by atoms with Crippen molar-refractivity contribution in [3.63, 3.8) is 0 Å². The maximum absolute atomic E-state index is 11.4. The number of rotatable bonds is 1. The Morgan fingerprint density at radius 1 is 1.38 bits per heavy atom. The Kier molecular flexibility index (Phi) is 2.31. The number of hydrogen-bond acceptors (Lipinski definition) is 0. The van der Waals surface area contributed by atoms with Gasteiger partial charge in [-0.25, -0.2) is 0 Å². The van der Waals surface area contributed by atoms with Gasteiger partial charge in [-0.05, 0) is 6.42 Å². The molecule has 0 rings (SSSR count). The van der Waals surface area contributed by atoms with Gasteiger partial charge < -0.3 is 0 Å². The topological polar surface area (TPSA) is 0 Å². The molecule has 0 nitrogen and oxygen atoms in total. The standard InChI is InChI=1S/C5H8F3/c1-3-4(2)5(6,7)8/h3-4H,1-2H3. The second kappa shape index (κ2) is 2.37. The van der Waals surface area contributed by atoms with E-state index >= 15 is 0 Å². The zero-order chi connectivity index (χ0) is 6.78. The Morgan fingerprint density at radius 2 is 1.75 bits per heavy atom. The summed E-state index contributed by atoms with van der Waals surface area (Å²) in [5, 5.41) is 0. The summed E-state index contributed by atoms with van der Waals surface area (Å²) in [6.45, 7) is 2.53. The third kappa shape index (κ3) is 2.19. The molecular weight excluding hydrogens is 117 g/mol. The van der Waals surface area contributed by atoms with E-state index in [4.69, 9.17) is 0 Å². The molecule has 0 fully saturated rings. The summed E-state index contributed by atoms with van der Waals surface area (Å²) in [5.41, 5.74) is 0. The molecular formula is C5H8F3. The Hall–Kier alpha value is -0.210. The summed E-state index contributed by atoms with van der Waals surface area (Å²) in [5.74, 6) is -1.28. The highest BCUT2D eigenvalue weighted by Crippen LogP contribution is 2.26. The van der Waals surface area contributed by atoms with E-state index in [-0.39, 0.29) is 0 Å². The van der Waals surface area contributed by atoms with E-state index in [0.29, 0.717) is 0 Å². The monoisotopic (exact) mass is 125 g/mol. The molecule has 1 unspecified atom stereocenters. The first kappa shape index (κ1) is 7.79. The summed E-state index contributed by atoms with van der Waals surface area (Å²) >= 11 is 0. The third-order valence-corrected chi connectivity index (χ3v) is 1.02. The minimum absolute atomic E-state index is 1.12. The highest BCUT2D eigenvalue weighted by Gasteiger charge is 2.34. The van der Waals surface area contributed by atoms with Crippen LogP contribution in [0.15, 0.2) is 0 Å². The predicted octanol–water partition coefficient (Wildman–Crippen LogP) is 2.41. The van der Waals surface area contributed by atoms with Gasteiger partial charge in [0.2, 0.25) is 0 Å². The van der Waals surface area contributed by atoms with E-state index in [0.717, 1.165) is 13.3 Å². The average Bonchev–Trinajstić information content (AvgIpc) is 1.62. The number of halogens is 3. The van der Waals surface area contributed by atoms with Gasteiger partial charge in [-0.3, -0.25) is 0 Å². The van der Waals surface area contributed by atoms with Crippen LogP contribution in [0.3, 0.4) is 0 Å². The van der Waals surface area contributed by atoms with Gasteiger partial charge in [-0.15, -0.1) is 0 Å². The fourth-order valence-electron chi connectivity index (χ4n) is 0.189. The van der Waals surface area contributed by atoms with Crippen molar-refractivity contribution in [1.29, 1.82) is 0 Å². The lowest BCUT2D eigenvalue weighted by atomic mass is 10.1. The zero-order valence-electron chi connectivity index (χ0n) is 4.79. The first-order valence-electron chi connectivity index (χ1n) is 2.34. The molecule has 0 saturated heterocycles. The van der Waals surface area contributed by atoms with Crippen LogP contribution < -0.4 is 0 Å². The van der Waals surface area contributed by atoms with Gasteiger partial charge in [0.15, 0.2) is 0 Å². The lowest BCUT2D eigenvalue weighted by Crippen LogP contribution is -2.18. The van der Waals surface area contributed by atoms with Gasteiger partial charge in [0.25, 0.3) is 0 Å². The molecule has 1 radical (unpaired) electrons. The van der Waals surface area contributed by atoms with Crippen molar-refractivity contribution >= 4 is 0 Å². The minimum atomic E-state index is -4.05. The molecule has 0 aliphatic heterocycles. The van der Waals surface area contributed by atoms with E-state index in [9.17, 15) is 13.2 Å². The molecule has 0 aromatic carbocycles. The average molecular weight is 125 g/mol. The molecule has 0 aromatic rings. The molecule has 0 N–H and O–H groups in total. The molecule has 3 heteroatoms. The summed E-state index contributed by atoms with van der Waals surface area (Å²) in [7, 11) is 0. The van der Waals surface area contributed by atoms with E-state index in [1.54, 1.807) is 0 Å². The summed E-state index contributed by atoms with van der Waals surface area (Å²) in [6.07, 6.45) is -2.92. The van der Waals surface area contributed by atoms with Gasteiger partial charge in [0.05, 0.1) is 5.92 Å². The fraction of sp³-hybridized carbons (Fsp3) is 0.800. The van der Waals surface area contributed by atoms with Gasteiger partial charge in [-0.2, -0.15) is 13.2 Å². The highest BCUT2D eigenvalue weighted by atomic mass is 19.4. The van der Waals surface area contributed by atoms with Crippen molar-refractivity contribution < 1.29 is 13.2 Å². The molecule has 0 spiro atoms. The Morgan fingerprint density at radius 3 is 1.75 bits per heavy atom. The van der Waals surface area contributed by atoms with Crippen molar-refractivity contribution in [2.45, 2.75) is 20.0 Å². The molecule has 1 atom stereocenters. The lowest BCUT2D eigenvalue weighted by molar-refractivity contribution is -0.160. The summed E-state index contributed by atoms with van der Waals surface area (Å²) < 4.78 is 34.3. The summed E-state index contributed by atoms with van der Waals surface area (Å²) in [4.78, 5) is 0. The first-order valence-corrected chi connectivity index (χ1v) is 2.34. The van der Waals surface area contributed by atoms with Gasteiger partial charge in [0, 0.05) is 0 Å². The number of alkyl halides is 3. The van der Waals surface area contributed by atoms with Crippen LogP contribution in [0.1, 0.15) is 13.8 Å². The summed E-state index contributed by atoms with van der Waals surface area (Å²) in [6, 6.07) is 0. The van der Waals surface area contributed by atoms with Crippen LogP contribution in [-0.2, 0) is 0 Å². The number of hydrogen-bond donors (Lipinski definition) is 0. The first-order chi connectivity index (χ1) is 3.48. The molecule has 8 heavy (non-hydrogen) atoms. The molecule has 0 aromatic heterocycles. The van der Waals surface area contributed by atoms with Gasteiger partial charge >= 0.3 is 6.18 Å². The largest absolute Gasteiger partial charge is 0.391 e. The van der Waals surface area contributed by atoms with Crippen molar-refractivity contribution in [3.05, 3.63) is 6.42 Å². The Balaban J connectivity index is 3.62. The van der Waals surface area contributed by atoms with E-state index in [1.165, 1.54) is 6.92 Å². The quantitative estimate of drug-likeness (QED) is 0.504. The highest BCUT2D eigenvalue weighted by molar-refractivity contribution is 4.72. The van der Waals surface area contributed by atoms with Crippen molar-refractivity contribution in [2.75, 3.05) is 0 Å². The van der Waals surface area contributed by atoms with Crippen LogP contribution in [0.25, 0.3) is 0 Å². The normalized spacial score (nSPS) is 16.1. The maximum atomic E-state index is 11.4. The minimum Gasteiger partial charge on any atom is -0.171 e. The predicted molar refractivity (Wildman–Crippen MR) is 25.2 cm³/mol. The second-order valence-electron chi connectivity index (χ2n) is 1.66. The zero-order valence-corrected chi connectivity index (χ0v) is 4.79. The molecule has 0 bridgehead atoms. The van der Waals surface area contributed by atoms with Crippen LogP contribution >= 0.6 is 0 Å². The van der Waals surface area contributed by atoms with Gasteiger partial charge in [-0.1, -0.05) is 13.8 Å². The van der Waals surface area contributed by atoms with Crippen LogP contribution in [0, 0.1) is 12.3 Å².